The fourth-order valence-electron chi connectivity index (χ4n) is 2.59. The van der Waals surface area contributed by atoms with Crippen molar-refractivity contribution >= 4 is 23.3 Å². The molecule has 0 saturated carbocycles. The third-order valence-electron chi connectivity index (χ3n) is 3.97. The zero-order valence-electron chi connectivity index (χ0n) is 14.2. The van der Waals surface area contributed by atoms with Crippen LogP contribution in [0.1, 0.15) is 25.3 Å². The zero-order valence-corrected chi connectivity index (χ0v) is 15.0. The smallest absolute Gasteiger partial charge is 0.240 e. The number of anilines is 1. The summed E-state index contributed by atoms with van der Waals surface area (Å²) in [7, 11) is 0. The van der Waals surface area contributed by atoms with Crippen molar-refractivity contribution < 1.29 is 4.79 Å². The number of halogens is 1. The van der Waals surface area contributed by atoms with E-state index in [2.05, 4.69) is 48.5 Å². The lowest BCUT2D eigenvalue weighted by atomic mass is 10.0. The van der Waals surface area contributed by atoms with Crippen LogP contribution in [0.5, 0.6) is 0 Å². The maximum atomic E-state index is 11.7. The van der Waals surface area contributed by atoms with E-state index in [9.17, 15) is 4.79 Å². The molecule has 0 saturated heterocycles. The molecule has 4 nitrogen and oxygen atoms in total. The van der Waals surface area contributed by atoms with Gasteiger partial charge in [-0.3, -0.25) is 4.79 Å². The number of aromatic nitrogens is 2. The highest BCUT2D eigenvalue weighted by molar-refractivity contribution is 6.29. The van der Waals surface area contributed by atoms with Crippen molar-refractivity contribution in [3.63, 3.8) is 0 Å². The summed E-state index contributed by atoms with van der Waals surface area (Å²) in [6.45, 7) is 4.33. The second-order valence-electron chi connectivity index (χ2n) is 6.12. The van der Waals surface area contributed by atoms with Crippen LogP contribution >= 0.6 is 11.6 Å². The first-order chi connectivity index (χ1) is 12.1. The summed E-state index contributed by atoms with van der Waals surface area (Å²) in [6, 6.07) is 19.9. The number of alkyl halides is 1. The number of nitrogens with one attached hydrogen (secondary N) is 1. The van der Waals surface area contributed by atoms with Gasteiger partial charge in [-0.1, -0.05) is 56.3 Å². The molecule has 0 aliphatic heterocycles. The van der Waals surface area contributed by atoms with E-state index >= 15 is 0 Å². The van der Waals surface area contributed by atoms with Gasteiger partial charge in [-0.05, 0) is 23.6 Å². The van der Waals surface area contributed by atoms with Crippen molar-refractivity contribution in [2.45, 2.75) is 19.8 Å². The molecule has 5 heteroatoms. The largest absolute Gasteiger partial charge is 0.310 e. The van der Waals surface area contributed by atoms with Crippen molar-refractivity contribution in [3.05, 3.63) is 66.2 Å². The van der Waals surface area contributed by atoms with Crippen molar-refractivity contribution in [3.8, 4) is 16.9 Å². The average molecular weight is 354 g/mol. The quantitative estimate of drug-likeness (QED) is 0.667. The molecule has 25 heavy (non-hydrogen) atoms. The average Bonchev–Trinajstić information content (AvgIpc) is 3.06. The highest BCUT2D eigenvalue weighted by Crippen LogP contribution is 2.26. The Morgan fingerprint density at radius 2 is 1.80 bits per heavy atom. The van der Waals surface area contributed by atoms with E-state index in [1.54, 1.807) is 4.68 Å². The molecule has 0 aliphatic rings. The van der Waals surface area contributed by atoms with Gasteiger partial charge in [0, 0.05) is 11.6 Å². The molecule has 0 bridgehead atoms. The van der Waals surface area contributed by atoms with E-state index in [-0.39, 0.29) is 11.8 Å². The second kappa shape index (κ2) is 7.53. The van der Waals surface area contributed by atoms with E-state index in [0.29, 0.717) is 11.7 Å². The Balaban J connectivity index is 2.02. The highest BCUT2D eigenvalue weighted by atomic mass is 35.5. The molecular weight excluding hydrogens is 334 g/mol. The third-order valence-corrected chi connectivity index (χ3v) is 4.21. The van der Waals surface area contributed by atoms with Crippen LogP contribution in [0.25, 0.3) is 16.9 Å². The number of amides is 1. The van der Waals surface area contributed by atoms with Crippen molar-refractivity contribution in [2.75, 3.05) is 11.2 Å². The van der Waals surface area contributed by atoms with Crippen molar-refractivity contribution in [1.82, 2.24) is 9.78 Å². The summed E-state index contributed by atoms with van der Waals surface area (Å²) in [4.78, 5) is 11.7. The Hall–Kier alpha value is -2.59. The number of nitrogens with zero attached hydrogens (tertiary/aromatic N) is 2. The van der Waals surface area contributed by atoms with Crippen LogP contribution in [0.3, 0.4) is 0 Å². The molecular formula is C20H20ClN3O. The molecule has 0 atom stereocenters. The van der Waals surface area contributed by atoms with Gasteiger partial charge >= 0.3 is 0 Å². The summed E-state index contributed by atoms with van der Waals surface area (Å²) < 4.78 is 1.72. The lowest BCUT2D eigenvalue weighted by molar-refractivity contribution is -0.114. The minimum absolute atomic E-state index is 0.0988. The normalized spacial score (nSPS) is 10.9. The number of hydrogen-bond acceptors (Lipinski definition) is 2. The second-order valence-corrected chi connectivity index (χ2v) is 6.39. The van der Waals surface area contributed by atoms with Crippen molar-refractivity contribution in [1.29, 1.82) is 0 Å². The molecule has 0 aliphatic carbocycles. The minimum atomic E-state index is -0.263. The Kier molecular flexibility index (Phi) is 5.19. The Morgan fingerprint density at radius 3 is 2.40 bits per heavy atom. The van der Waals surface area contributed by atoms with Crippen LogP contribution in [-0.4, -0.2) is 21.6 Å². The summed E-state index contributed by atoms with van der Waals surface area (Å²) in [6.07, 6.45) is 0. The zero-order chi connectivity index (χ0) is 17.8. The first-order valence-electron chi connectivity index (χ1n) is 8.20. The van der Waals surface area contributed by atoms with Crippen LogP contribution in [0, 0.1) is 0 Å². The standard InChI is InChI=1S/C20H20ClN3O/c1-14(2)15-8-10-16(11-9-15)18-12-19(22-20(25)13-21)24(23-18)17-6-4-3-5-7-17/h3-12,14H,13H2,1-2H3,(H,22,25). The van der Waals surface area contributed by atoms with Gasteiger partial charge in [-0.25, -0.2) is 4.68 Å². The van der Waals surface area contributed by atoms with Gasteiger partial charge in [0.15, 0.2) is 0 Å². The monoisotopic (exact) mass is 353 g/mol. The van der Waals surface area contributed by atoms with Gasteiger partial charge in [0.2, 0.25) is 5.91 Å². The lowest BCUT2D eigenvalue weighted by Gasteiger charge is -2.07. The Bertz CT molecular complexity index is 854. The molecule has 3 aromatic rings. The van der Waals surface area contributed by atoms with E-state index in [4.69, 9.17) is 11.6 Å². The Labute approximate surface area is 152 Å². The van der Waals surface area contributed by atoms with Gasteiger partial charge in [-0.2, -0.15) is 5.10 Å². The fraction of sp³-hybridized carbons (Fsp3) is 0.200. The van der Waals surface area contributed by atoms with Gasteiger partial charge in [0.25, 0.3) is 0 Å². The summed E-state index contributed by atoms with van der Waals surface area (Å²) >= 11 is 5.63. The first kappa shape index (κ1) is 17.2. The molecule has 1 amide bonds. The maximum Gasteiger partial charge on any atom is 0.240 e. The van der Waals surface area contributed by atoms with Gasteiger partial charge in [-0.15, -0.1) is 11.6 Å². The molecule has 1 aromatic heterocycles. The van der Waals surface area contributed by atoms with Crippen LogP contribution in [0.15, 0.2) is 60.7 Å². The molecule has 0 spiro atoms. The number of carbonyl (C=O) groups excluding carboxylic acids is 1. The van der Waals surface area contributed by atoms with Gasteiger partial charge in [0.05, 0.1) is 11.4 Å². The molecule has 0 unspecified atom stereocenters. The molecule has 3 rings (SSSR count). The molecule has 0 fully saturated rings. The summed E-state index contributed by atoms with van der Waals surface area (Å²) in [5.74, 6) is 0.716. The molecule has 1 N–H and O–H groups in total. The maximum absolute atomic E-state index is 11.7. The fourth-order valence-corrected chi connectivity index (χ4v) is 2.66. The lowest BCUT2D eigenvalue weighted by Crippen LogP contribution is -2.15. The number of rotatable bonds is 5. The van der Waals surface area contributed by atoms with Crippen LogP contribution in [0.4, 0.5) is 5.82 Å². The van der Waals surface area contributed by atoms with Crippen LogP contribution in [-0.2, 0) is 4.79 Å². The van der Waals surface area contributed by atoms with Gasteiger partial charge < -0.3 is 5.32 Å². The van der Waals surface area contributed by atoms with E-state index in [0.717, 1.165) is 16.9 Å². The topological polar surface area (TPSA) is 46.9 Å². The summed E-state index contributed by atoms with van der Waals surface area (Å²) in [5.41, 5.74) is 3.95. The molecule has 128 valence electrons. The predicted molar refractivity (Wildman–Crippen MR) is 102 cm³/mol. The summed E-state index contributed by atoms with van der Waals surface area (Å²) in [5, 5.41) is 7.48. The van der Waals surface area contributed by atoms with E-state index in [1.165, 1.54) is 5.56 Å². The highest BCUT2D eigenvalue weighted by Gasteiger charge is 2.13. The SMILES string of the molecule is CC(C)c1ccc(-c2cc(NC(=O)CCl)n(-c3ccccc3)n2)cc1. The number of para-hydroxylation sites is 1. The Morgan fingerprint density at radius 1 is 1.12 bits per heavy atom. The molecule has 2 aromatic carbocycles. The number of benzene rings is 2. The third kappa shape index (κ3) is 3.91. The van der Waals surface area contributed by atoms with Crippen LogP contribution in [0.2, 0.25) is 0 Å². The van der Waals surface area contributed by atoms with E-state index < -0.39 is 0 Å². The number of carbonyl (C=O) groups is 1. The molecule has 1 heterocycles. The number of hydrogen-bond donors (Lipinski definition) is 1. The van der Waals surface area contributed by atoms with Gasteiger partial charge in [0.1, 0.15) is 11.7 Å². The molecule has 0 radical (unpaired) electrons. The predicted octanol–water partition coefficient (Wildman–Crippen LogP) is 4.84. The first-order valence-corrected chi connectivity index (χ1v) is 8.73. The van der Waals surface area contributed by atoms with Crippen LogP contribution < -0.4 is 5.32 Å². The van der Waals surface area contributed by atoms with E-state index in [1.807, 2.05) is 36.4 Å². The van der Waals surface area contributed by atoms with Crippen molar-refractivity contribution in [2.24, 2.45) is 0 Å². The minimum Gasteiger partial charge on any atom is -0.310 e.